The van der Waals surface area contributed by atoms with Crippen molar-refractivity contribution in [1.82, 2.24) is 15.2 Å². The van der Waals surface area contributed by atoms with Crippen LogP contribution in [0, 0.1) is 5.82 Å². The van der Waals surface area contributed by atoms with Gasteiger partial charge in [-0.05, 0) is 18.2 Å². The lowest BCUT2D eigenvalue weighted by Crippen LogP contribution is -2.13. The zero-order valence-electron chi connectivity index (χ0n) is 7.87. The molecule has 0 fully saturated rings. The summed E-state index contributed by atoms with van der Waals surface area (Å²) in [4.78, 5) is 15.2. The molecular formula is C9H6ClFN4O. The Morgan fingerprint density at radius 3 is 2.94 bits per heavy atom. The topological polar surface area (TPSA) is 70.7 Å². The summed E-state index contributed by atoms with van der Waals surface area (Å²) in [5, 5.41) is 8.37. The lowest BCUT2D eigenvalue weighted by atomic mass is 10.3. The van der Waals surface area contributed by atoms with Gasteiger partial charge in [-0.25, -0.2) is 9.37 Å². The van der Waals surface area contributed by atoms with Gasteiger partial charge in [-0.15, -0.1) is 0 Å². The van der Waals surface area contributed by atoms with Crippen molar-refractivity contribution in [1.29, 1.82) is 0 Å². The second kappa shape index (κ2) is 4.28. The molecule has 1 amide bonds. The average molecular weight is 241 g/mol. The number of H-pyrrole nitrogens is 1. The third-order valence-corrected chi connectivity index (χ3v) is 2.10. The molecule has 2 aromatic rings. The molecule has 0 saturated carbocycles. The number of benzene rings is 1. The predicted octanol–water partition coefficient (Wildman–Crippen LogP) is 1.85. The Kier molecular flexibility index (Phi) is 2.82. The van der Waals surface area contributed by atoms with Gasteiger partial charge in [-0.3, -0.25) is 9.89 Å². The molecule has 82 valence electrons. The van der Waals surface area contributed by atoms with E-state index >= 15 is 0 Å². The molecule has 7 heteroatoms. The first-order valence-electron chi connectivity index (χ1n) is 4.28. The van der Waals surface area contributed by atoms with Gasteiger partial charge in [-0.2, -0.15) is 5.10 Å². The van der Waals surface area contributed by atoms with Gasteiger partial charge in [0.2, 0.25) is 5.82 Å². The first kappa shape index (κ1) is 10.6. The molecule has 2 N–H and O–H groups in total. The number of carbonyl (C=O) groups excluding carboxylic acids is 1. The zero-order chi connectivity index (χ0) is 11.5. The van der Waals surface area contributed by atoms with Crippen molar-refractivity contribution in [2.75, 3.05) is 5.32 Å². The maximum absolute atomic E-state index is 12.8. The van der Waals surface area contributed by atoms with Crippen molar-refractivity contribution < 1.29 is 9.18 Å². The number of hydrogen-bond acceptors (Lipinski definition) is 3. The van der Waals surface area contributed by atoms with Gasteiger partial charge in [0.1, 0.15) is 12.1 Å². The Balaban J connectivity index is 2.15. The van der Waals surface area contributed by atoms with Gasteiger partial charge in [0.15, 0.2) is 0 Å². The van der Waals surface area contributed by atoms with Crippen LogP contribution in [0.4, 0.5) is 10.1 Å². The number of aromatic amines is 1. The first-order chi connectivity index (χ1) is 7.66. The highest BCUT2D eigenvalue weighted by Crippen LogP contribution is 2.19. The van der Waals surface area contributed by atoms with Crippen LogP contribution < -0.4 is 5.32 Å². The summed E-state index contributed by atoms with van der Waals surface area (Å²) in [5.41, 5.74) is 0.382. The maximum Gasteiger partial charge on any atom is 0.292 e. The van der Waals surface area contributed by atoms with Gasteiger partial charge in [0.05, 0.1) is 5.02 Å². The highest BCUT2D eigenvalue weighted by molar-refractivity contribution is 6.31. The third-order valence-electron chi connectivity index (χ3n) is 1.81. The van der Waals surface area contributed by atoms with Crippen molar-refractivity contribution in [2.24, 2.45) is 0 Å². The van der Waals surface area contributed by atoms with Crippen molar-refractivity contribution >= 4 is 23.2 Å². The summed E-state index contributed by atoms with van der Waals surface area (Å²) in [6.07, 6.45) is 1.21. The van der Waals surface area contributed by atoms with E-state index in [2.05, 4.69) is 20.5 Å². The van der Waals surface area contributed by atoms with E-state index in [4.69, 9.17) is 11.6 Å². The molecule has 0 aliphatic heterocycles. The average Bonchev–Trinajstić information content (AvgIpc) is 2.77. The lowest BCUT2D eigenvalue weighted by molar-refractivity contribution is 0.101. The highest BCUT2D eigenvalue weighted by Gasteiger charge is 2.09. The van der Waals surface area contributed by atoms with Crippen LogP contribution in [0.15, 0.2) is 24.5 Å². The number of rotatable bonds is 2. The molecule has 1 heterocycles. The molecule has 16 heavy (non-hydrogen) atoms. The first-order valence-corrected chi connectivity index (χ1v) is 4.66. The summed E-state index contributed by atoms with van der Waals surface area (Å²) in [7, 11) is 0. The SMILES string of the molecule is O=C(Nc1ccc(F)c(Cl)c1)c1ncn[nH]1. The normalized spacial score (nSPS) is 10.1. The molecule has 5 nitrogen and oxygen atoms in total. The van der Waals surface area contributed by atoms with E-state index in [9.17, 15) is 9.18 Å². The highest BCUT2D eigenvalue weighted by atomic mass is 35.5. The van der Waals surface area contributed by atoms with Crippen LogP contribution in [0.5, 0.6) is 0 Å². The molecule has 0 atom stereocenters. The number of hydrogen-bond donors (Lipinski definition) is 2. The second-order valence-corrected chi connectivity index (χ2v) is 3.32. The smallest absolute Gasteiger partial charge is 0.292 e. The number of nitrogens with one attached hydrogen (secondary N) is 2. The summed E-state index contributed by atoms with van der Waals surface area (Å²) < 4.78 is 12.8. The molecule has 0 bridgehead atoms. The minimum atomic E-state index is -0.542. The van der Waals surface area contributed by atoms with E-state index in [-0.39, 0.29) is 10.8 Å². The molecule has 0 aliphatic rings. The molecule has 2 rings (SSSR count). The minimum absolute atomic E-state index is 0.0598. The van der Waals surface area contributed by atoms with E-state index in [1.165, 1.54) is 24.5 Å². The van der Waals surface area contributed by atoms with E-state index in [1.807, 2.05) is 0 Å². The number of anilines is 1. The molecule has 0 radical (unpaired) electrons. The number of carbonyl (C=O) groups is 1. The fourth-order valence-electron chi connectivity index (χ4n) is 1.08. The van der Waals surface area contributed by atoms with Gasteiger partial charge in [-0.1, -0.05) is 11.6 Å². The standard InChI is InChI=1S/C9H6ClFN4O/c10-6-3-5(1-2-7(6)11)14-9(16)8-12-4-13-15-8/h1-4H,(H,14,16)(H,12,13,15). The third kappa shape index (κ3) is 2.17. The van der Waals surface area contributed by atoms with E-state index in [0.717, 1.165) is 0 Å². The summed E-state index contributed by atoms with van der Waals surface area (Å²) in [6.45, 7) is 0. The monoisotopic (exact) mass is 240 g/mol. The number of nitrogens with zero attached hydrogens (tertiary/aromatic N) is 2. The summed E-state index contributed by atoms with van der Waals surface area (Å²) >= 11 is 5.56. The van der Waals surface area contributed by atoms with Crippen molar-refractivity contribution in [3.05, 3.63) is 41.2 Å². The minimum Gasteiger partial charge on any atom is -0.319 e. The molecular weight excluding hydrogens is 235 g/mol. The van der Waals surface area contributed by atoms with Gasteiger partial charge >= 0.3 is 0 Å². The number of amides is 1. The lowest BCUT2D eigenvalue weighted by Gasteiger charge is -2.03. The van der Waals surface area contributed by atoms with Crippen molar-refractivity contribution in [3.8, 4) is 0 Å². The number of halogens is 2. The Morgan fingerprint density at radius 1 is 1.50 bits per heavy atom. The van der Waals surface area contributed by atoms with Crippen LogP contribution in [0.25, 0.3) is 0 Å². The second-order valence-electron chi connectivity index (χ2n) is 2.92. The Labute approximate surface area is 94.7 Å². The maximum atomic E-state index is 12.8. The van der Waals surface area contributed by atoms with E-state index in [1.54, 1.807) is 0 Å². The molecule has 0 aliphatic carbocycles. The van der Waals surface area contributed by atoms with E-state index in [0.29, 0.717) is 5.69 Å². The molecule has 1 aromatic carbocycles. The molecule has 1 aromatic heterocycles. The zero-order valence-corrected chi connectivity index (χ0v) is 8.62. The van der Waals surface area contributed by atoms with Crippen LogP contribution in [-0.4, -0.2) is 21.1 Å². The summed E-state index contributed by atoms with van der Waals surface area (Å²) in [5.74, 6) is -0.944. The Morgan fingerprint density at radius 2 is 2.31 bits per heavy atom. The fourth-order valence-corrected chi connectivity index (χ4v) is 1.26. The quantitative estimate of drug-likeness (QED) is 0.842. The summed E-state index contributed by atoms with van der Waals surface area (Å²) in [6, 6.07) is 3.87. The number of aromatic nitrogens is 3. The van der Waals surface area contributed by atoms with Gasteiger partial charge in [0, 0.05) is 5.69 Å². The van der Waals surface area contributed by atoms with Crippen LogP contribution in [0.2, 0.25) is 5.02 Å². The Bertz CT molecular complexity index is 514. The van der Waals surface area contributed by atoms with Crippen molar-refractivity contribution in [2.45, 2.75) is 0 Å². The Hall–Kier alpha value is -1.95. The van der Waals surface area contributed by atoms with Crippen LogP contribution >= 0.6 is 11.6 Å². The molecule has 0 spiro atoms. The van der Waals surface area contributed by atoms with Crippen LogP contribution in [-0.2, 0) is 0 Å². The molecule has 0 saturated heterocycles. The molecule has 0 unspecified atom stereocenters. The predicted molar refractivity (Wildman–Crippen MR) is 55.7 cm³/mol. The van der Waals surface area contributed by atoms with Crippen molar-refractivity contribution in [3.63, 3.8) is 0 Å². The van der Waals surface area contributed by atoms with Gasteiger partial charge in [0.25, 0.3) is 5.91 Å². The van der Waals surface area contributed by atoms with Crippen LogP contribution in [0.1, 0.15) is 10.6 Å². The largest absolute Gasteiger partial charge is 0.319 e. The fraction of sp³-hybridized carbons (Fsp3) is 0. The van der Waals surface area contributed by atoms with E-state index < -0.39 is 11.7 Å². The van der Waals surface area contributed by atoms with Crippen LogP contribution in [0.3, 0.4) is 0 Å². The van der Waals surface area contributed by atoms with Gasteiger partial charge < -0.3 is 5.32 Å².